The molecule has 1 N–H and O–H groups in total. The van der Waals surface area contributed by atoms with Crippen LogP contribution in [0.4, 0.5) is 4.79 Å². The summed E-state index contributed by atoms with van der Waals surface area (Å²) in [6.07, 6.45) is 1.31. The highest BCUT2D eigenvalue weighted by molar-refractivity contribution is 5.95. The lowest BCUT2D eigenvalue weighted by Crippen LogP contribution is -2.49. The number of methoxy groups -OCH3 is 1. The molecule has 1 atom stereocenters. The SMILES string of the molecule is COC(=O)N1CCCC(NC(=O)c2ccc3c(c2)OCCO3)C1. The van der Waals surface area contributed by atoms with E-state index >= 15 is 0 Å². The van der Waals surface area contributed by atoms with Crippen molar-refractivity contribution in [2.45, 2.75) is 18.9 Å². The van der Waals surface area contributed by atoms with Crippen LogP contribution in [-0.2, 0) is 4.74 Å². The average Bonchev–Trinajstić information content (AvgIpc) is 2.60. The summed E-state index contributed by atoms with van der Waals surface area (Å²) < 4.78 is 15.7. The highest BCUT2D eigenvalue weighted by atomic mass is 16.6. The molecule has 1 aromatic carbocycles. The number of fused-ring (bicyclic) bond motifs is 1. The maximum absolute atomic E-state index is 12.4. The Hall–Kier alpha value is -2.44. The molecule has 2 amide bonds. The molecule has 0 aliphatic carbocycles. The second kappa shape index (κ2) is 6.76. The van der Waals surface area contributed by atoms with Crippen molar-refractivity contribution in [3.05, 3.63) is 23.8 Å². The molecule has 0 bridgehead atoms. The molecule has 0 spiro atoms. The van der Waals surface area contributed by atoms with Crippen LogP contribution in [0, 0.1) is 0 Å². The van der Waals surface area contributed by atoms with E-state index in [1.165, 1.54) is 7.11 Å². The van der Waals surface area contributed by atoms with E-state index < -0.39 is 0 Å². The Bertz CT molecular complexity index is 604. The first-order chi connectivity index (χ1) is 11.2. The van der Waals surface area contributed by atoms with Crippen LogP contribution in [0.2, 0.25) is 0 Å². The van der Waals surface area contributed by atoms with Crippen LogP contribution in [0.15, 0.2) is 18.2 Å². The van der Waals surface area contributed by atoms with Crippen LogP contribution in [0.5, 0.6) is 11.5 Å². The number of likely N-dealkylation sites (tertiary alicyclic amines) is 1. The molecule has 2 heterocycles. The summed E-state index contributed by atoms with van der Waals surface area (Å²) in [7, 11) is 1.36. The number of amides is 2. The van der Waals surface area contributed by atoms with Gasteiger partial charge in [0.05, 0.1) is 7.11 Å². The molecule has 7 heteroatoms. The van der Waals surface area contributed by atoms with Crippen molar-refractivity contribution in [3.8, 4) is 11.5 Å². The normalized spacial score (nSPS) is 19.9. The molecule has 2 aliphatic rings. The zero-order valence-corrected chi connectivity index (χ0v) is 13.0. The number of carbonyl (C=O) groups is 2. The highest BCUT2D eigenvalue weighted by Crippen LogP contribution is 2.30. The second-order valence-corrected chi connectivity index (χ2v) is 5.59. The second-order valence-electron chi connectivity index (χ2n) is 5.59. The van der Waals surface area contributed by atoms with Gasteiger partial charge in [-0.05, 0) is 31.0 Å². The zero-order chi connectivity index (χ0) is 16.2. The van der Waals surface area contributed by atoms with Gasteiger partial charge in [-0.2, -0.15) is 0 Å². The van der Waals surface area contributed by atoms with Crippen molar-refractivity contribution in [3.63, 3.8) is 0 Å². The van der Waals surface area contributed by atoms with Crippen molar-refractivity contribution in [1.29, 1.82) is 0 Å². The van der Waals surface area contributed by atoms with Gasteiger partial charge in [-0.25, -0.2) is 4.79 Å². The lowest BCUT2D eigenvalue weighted by molar-refractivity contribution is 0.0863. The van der Waals surface area contributed by atoms with E-state index in [2.05, 4.69) is 5.32 Å². The number of nitrogens with zero attached hydrogens (tertiary/aromatic N) is 1. The Morgan fingerprint density at radius 3 is 2.83 bits per heavy atom. The van der Waals surface area contributed by atoms with Crippen molar-refractivity contribution in [1.82, 2.24) is 10.2 Å². The van der Waals surface area contributed by atoms with Crippen LogP contribution in [0.1, 0.15) is 23.2 Å². The minimum absolute atomic E-state index is 0.0800. The van der Waals surface area contributed by atoms with E-state index in [9.17, 15) is 9.59 Å². The molecule has 1 saturated heterocycles. The Balaban J connectivity index is 1.63. The smallest absolute Gasteiger partial charge is 0.409 e. The summed E-state index contributed by atoms with van der Waals surface area (Å²) >= 11 is 0. The third-order valence-electron chi connectivity index (χ3n) is 3.99. The Labute approximate surface area is 134 Å². The lowest BCUT2D eigenvalue weighted by Gasteiger charge is -2.32. The van der Waals surface area contributed by atoms with Crippen molar-refractivity contribution >= 4 is 12.0 Å². The summed E-state index contributed by atoms with van der Waals surface area (Å²) in [5.41, 5.74) is 0.518. The van der Waals surface area contributed by atoms with E-state index in [1.54, 1.807) is 23.1 Å². The Morgan fingerprint density at radius 2 is 2.04 bits per heavy atom. The van der Waals surface area contributed by atoms with Gasteiger partial charge in [-0.3, -0.25) is 4.79 Å². The third kappa shape index (κ3) is 3.49. The summed E-state index contributed by atoms with van der Waals surface area (Å²) in [6, 6.07) is 5.06. The van der Waals surface area contributed by atoms with Gasteiger partial charge < -0.3 is 24.4 Å². The summed E-state index contributed by atoms with van der Waals surface area (Å²) in [5.74, 6) is 1.06. The van der Waals surface area contributed by atoms with E-state index in [4.69, 9.17) is 14.2 Å². The summed E-state index contributed by atoms with van der Waals surface area (Å²) in [6.45, 7) is 2.12. The molecule has 1 unspecified atom stereocenters. The largest absolute Gasteiger partial charge is 0.486 e. The van der Waals surface area contributed by atoms with Gasteiger partial charge in [-0.15, -0.1) is 0 Å². The molecule has 23 heavy (non-hydrogen) atoms. The van der Waals surface area contributed by atoms with Gasteiger partial charge in [0.1, 0.15) is 13.2 Å². The number of nitrogens with one attached hydrogen (secondary N) is 1. The molecule has 1 fully saturated rings. The van der Waals surface area contributed by atoms with Gasteiger partial charge in [0.15, 0.2) is 11.5 Å². The van der Waals surface area contributed by atoms with Crippen LogP contribution in [0.3, 0.4) is 0 Å². The summed E-state index contributed by atoms with van der Waals surface area (Å²) in [4.78, 5) is 25.6. The average molecular weight is 320 g/mol. The number of hydrogen-bond donors (Lipinski definition) is 1. The molecule has 1 aromatic rings. The van der Waals surface area contributed by atoms with Crippen molar-refractivity contribution in [2.75, 3.05) is 33.4 Å². The fraction of sp³-hybridized carbons (Fsp3) is 0.500. The fourth-order valence-corrected chi connectivity index (χ4v) is 2.84. The van der Waals surface area contributed by atoms with Crippen LogP contribution >= 0.6 is 0 Å². The van der Waals surface area contributed by atoms with Crippen LogP contribution < -0.4 is 14.8 Å². The molecule has 2 aliphatic heterocycles. The first-order valence-electron chi connectivity index (χ1n) is 7.71. The summed E-state index contributed by atoms with van der Waals surface area (Å²) in [5, 5.41) is 2.97. The van der Waals surface area contributed by atoms with Gasteiger partial charge in [0, 0.05) is 24.7 Å². The Morgan fingerprint density at radius 1 is 1.26 bits per heavy atom. The van der Waals surface area contributed by atoms with Gasteiger partial charge in [-0.1, -0.05) is 0 Å². The Kier molecular flexibility index (Phi) is 4.55. The molecule has 0 radical (unpaired) electrons. The van der Waals surface area contributed by atoms with Crippen LogP contribution in [0.25, 0.3) is 0 Å². The van der Waals surface area contributed by atoms with Crippen LogP contribution in [-0.4, -0.2) is 56.4 Å². The number of hydrogen-bond acceptors (Lipinski definition) is 5. The topological polar surface area (TPSA) is 77.1 Å². The first-order valence-corrected chi connectivity index (χ1v) is 7.71. The fourth-order valence-electron chi connectivity index (χ4n) is 2.84. The van der Waals surface area contributed by atoms with E-state index in [1.807, 2.05) is 0 Å². The first kappa shape index (κ1) is 15.5. The highest BCUT2D eigenvalue weighted by Gasteiger charge is 2.26. The van der Waals surface area contributed by atoms with Crippen molar-refractivity contribution < 1.29 is 23.8 Å². The van der Waals surface area contributed by atoms with Gasteiger partial charge >= 0.3 is 6.09 Å². The monoisotopic (exact) mass is 320 g/mol. The minimum Gasteiger partial charge on any atom is -0.486 e. The molecule has 3 rings (SSSR count). The third-order valence-corrected chi connectivity index (χ3v) is 3.99. The molecule has 0 saturated carbocycles. The number of carbonyl (C=O) groups excluding carboxylic acids is 2. The van der Waals surface area contributed by atoms with E-state index in [-0.39, 0.29) is 18.0 Å². The zero-order valence-electron chi connectivity index (χ0n) is 13.0. The van der Waals surface area contributed by atoms with E-state index in [0.717, 1.165) is 12.8 Å². The molecular formula is C16H20N2O5. The predicted octanol–water partition coefficient (Wildman–Crippen LogP) is 1.42. The number of ether oxygens (including phenoxy) is 3. The minimum atomic E-state index is -0.358. The van der Waals surface area contributed by atoms with Gasteiger partial charge in [0.2, 0.25) is 0 Å². The van der Waals surface area contributed by atoms with E-state index in [0.29, 0.717) is 43.4 Å². The van der Waals surface area contributed by atoms with Gasteiger partial charge in [0.25, 0.3) is 5.91 Å². The predicted molar refractivity (Wildman–Crippen MR) is 81.9 cm³/mol. The molecule has 124 valence electrons. The molecule has 0 aromatic heterocycles. The number of piperidine rings is 1. The maximum Gasteiger partial charge on any atom is 0.409 e. The maximum atomic E-state index is 12.4. The quantitative estimate of drug-likeness (QED) is 0.892. The molecular weight excluding hydrogens is 300 g/mol. The number of rotatable bonds is 2. The standard InChI is InChI=1S/C16H20N2O5/c1-21-16(20)18-6-2-3-12(10-18)17-15(19)11-4-5-13-14(9-11)23-8-7-22-13/h4-5,9,12H,2-3,6-8,10H2,1H3,(H,17,19). The number of benzene rings is 1. The lowest BCUT2D eigenvalue weighted by atomic mass is 10.1. The molecule has 7 nitrogen and oxygen atoms in total. The van der Waals surface area contributed by atoms with Crippen molar-refractivity contribution in [2.24, 2.45) is 0 Å².